The fourth-order valence-corrected chi connectivity index (χ4v) is 4.15. The lowest BCUT2D eigenvalue weighted by atomic mass is 9.70. The third kappa shape index (κ3) is 5.99. The number of alkyl halides is 2. The molecular formula is C26H28F4O. The van der Waals surface area contributed by atoms with Crippen LogP contribution in [0.2, 0.25) is 0 Å². The minimum Gasteiger partial charge on any atom is -0.432 e. The highest BCUT2D eigenvalue weighted by atomic mass is 19.3. The lowest BCUT2D eigenvalue weighted by molar-refractivity contribution is -0.0522. The van der Waals surface area contributed by atoms with E-state index in [1.807, 2.05) is 18.2 Å². The summed E-state index contributed by atoms with van der Waals surface area (Å²) in [5, 5.41) is 0. The summed E-state index contributed by atoms with van der Waals surface area (Å²) in [6.07, 6.45) is 13.0. The first-order chi connectivity index (χ1) is 14.9. The summed E-state index contributed by atoms with van der Waals surface area (Å²) in [6, 6.07) is 10.7. The van der Waals surface area contributed by atoms with Gasteiger partial charge in [-0.1, -0.05) is 75.5 Å². The van der Waals surface area contributed by atoms with Crippen LogP contribution in [0.5, 0.6) is 5.75 Å². The van der Waals surface area contributed by atoms with Gasteiger partial charge in [-0.2, -0.15) is 8.78 Å². The maximum atomic E-state index is 14.5. The molecule has 0 aromatic heterocycles. The SMILES string of the molecule is CCCCCCCC1(c2ccc(OC(F)F)c(F)c2)C=CC(c2cccc(F)c2)=CC1. The molecule has 2 aromatic carbocycles. The highest BCUT2D eigenvalue weighted by molar-refractivity contribution is 5.76. The minimum atomic E-state index is -3.07. The minimum absolute atomic E-state index is 0.295. The van der Waals surface area contributed by atoms with Gasteiger partial charge < -0.3 is 4.74 Å². The Balaban J connectivity index is 1.85. The molecule has 166 valence electrons. The third-order valence-electron chi connectivity index (χ3n) is 5.88. The van der Waals surface area contributed by atoms with Gasteiger partial charge >= 0.3 is 6.61 Å². The standard InChI is InChI=1S/C26H28F4O/c1-2-3-4-5-6-14-26(21-10-11-24(23(28)18-21)31-25(29)30)15-12-19(13-16-26)20-8-7-9-22(27)17-20/h7-13,15,17-18,25H,2-6,14,16H2,1H3. The highest BCUT2D eigenvalue weighted by Crippen LogP contribution is 2.42. The molecule has 0 saturated carbocycles. The monoisotopic (exact) mass is 432 g/mol. The first kappa shape index (κ1) is 23.1. The fraction of sp³-hybridized carbons (Fsp3) is 0.385. The van der Waals surface area contributed by atoms with Crippen LogP contribution in [0.3, 0.4) is 0 Å². The van der Waals surface area contributed by atoms with Crippen LogP contribution in [-0.4, -0.2) is 6.61 Å². The summed E-state index contributed by atoms with van der Waals surface area (Å²) in [4.78, 5) is 0. The maximum absolute atomic E-state index is 14.5. The van der Waals surface area contributed by atoms with Crippen LogP contribution in [0, 0.1) is 11.6 Å². The lowest BCUT2D eigenvalue weighted by Gasteiger charge is -2.34. The molecule has 1 unspecified atom stereocenters. The molecule has 0 amide bonds. The van der Waals surface area contributed by atoms with Crippen LogP contribution in [-0.2, 0) is 5.41 Å². The molecule has 0 N–H and O–H groups in total. The van der Waals surface area contributed by atoms with Gasteiger partial charge in [-0.05, 0) is 53.8 Å². The molecule has 0 bridgehead atoms. The molecule has 0 aliphatic heterocycles. The van der Waals surface area contributed by atoms with Gasteiger partial charge in [0.2, 0.25) is 0 Å². The maximum Gasteiger partial charge on any atom is 0.387 e. The van der Waals surface area contributed by atoms with E-state index in [1.165, 1.54) is 30.7 Å². The van der Waals surface area contributed by atoms with Crippen LogP contribution in [0.4, 0.5) is 17.6 Å². The number of ether oxygens (including phenoxy) is 1. The second kappa shape index (κ2) is 10.7. The summed E-state index contributed by atoms with van der Waals surface area (Å²) >= 11 is 0. The fourth-order valence-electron chi connectivity index (χ4n) is 4.15. The number of hydrogen-bond donors (Lipinski definition) is 0. The number of unbranched alkanes of at least 4 members (excludes halogenated alkanes) is 4. The summed E-state index contributed by atoms with van der Waals surface area (Å²) in [6.45, 7) is -0.908. The van der Waals surface area contributed by atoms with E-state index in [1.54, 1.807) is 12.1 Å². The van der Waals surface area contributed by atoms with Gasteiger partial charge in [-0.3, -0.25) is 0 Å². The molecule has 0 radical (unpaired) electrons. The van der Waals surface area contributed by atoms with Crippen LogP contribution >= 0.6 is 0 Å². The van der Waals surface area contributed by atoms with Gasteiger partial charge in [-0.25, -0.2) is 8.78 Å². The normalized spacial score (nSPS) is 18.3. The van der Waals surface area contributed by atoms with E-state index < -0.39 is 23.6 Å². The molecular weight excluding hydrogens is 404 g/mol. The van der Waals surface area contributed by atoms with Crippen molar-refractivity contribution in [2.45, 2.75) is 63.9 Å². The van der Waals surface area contributed by atoms with Crippen molar-refractivity contribution in [3.63, 3.8) is 0 Å². The second-order valence-electron chi connectivity index (χ2n) is 8.05. The molecule has 1 nitrogen and oxygen atoms in total. The quantitative estimate of drug-likeness (QED) is 0.271. The highest BCUT2D eigenvalue weighted by Gasteiger charge is 2.31. The van der Waals surface area contributed by atoms with E-state index in [9.17, 15) is 17.6 Å². The molecule has 3 rings (SSSR count). The summed E-state index contributed by atoms with van der Waals surface area (Å²) in [5.74, 6) is -1.54. The predicted octanol–water partition coefficient (Wildman–Crippen LogP) is 8.21. The zero-order valence-corrected chi connectivity index (χ0v) is 17.7. The van der Waals surface area contributed by atoms with Crippen molar-refractivity contribution in [3.05, 3.63) is 83.5 Å². The van der Waals surface area contributed by atoms with Crippen molar-refractivity contribution in [2.75, 3.05) is 0 Å². The van der Waals surface area contributed by atoms with E-state index in [0.29, 0.717) is 6.42 Å². The summed E-state index contributed by atoms with van der Waals surface area (Å²) in [7, 11) is 0. The third-order valence-corrected chi connectivity index (χ3v) is 5.88. The van der Waals surface area contributed by atoms with Gasteiger partial charge in [0.15, 0.2) is 11.6 Å². The first-order valence-electron chi connectivity index (χ1n) is 10.8. The van der Waals surface area contributed by atoms with Crippen LogP contribution in [0.25, 0.3) is 5.57 Å². The van der Waals surface area contributed by atoms with Gasteiger partial charge in [0.1, 0.15) is 5.82 Å². The average Bonchev–Trinajstić information content (AvgIpc) is 2.75. The van der Waals surface area contributed by atoms with Crippen LogP contribution in [0.15, 0.2) is 60.7 Å². The number of halogens is 4. The van der Waals surface area contributed by atoms with Gasteiger partial charge in [0.05, 0.1) is 0 Å². The number of benzene rings is 2. The Morgan fingerprint density at radius 3 is 2.45 bits per heavy atom. The van der Waals surface area contributed by atoms with Crippen molar-refractivity contribution >= 4 is 5.57 Å². The molecule has 0 saturated heterocycles. The largest absolute Gasteiger partial charge is 0.432 e. The van der Waals surface area contributed by atoms with E-state index in [-0.39, 0.29) is 5.82 Å². The molecule has 1 aliphatic rings. The predicted molar refractivity (Wildman–Crippen MR) is 116 cm³/mol. The van der Waals surface area contributed by atoms with E-state index in [0.717, 1.165) is 48.8 Å². The number of hydrogen-bond acceptors (Lipinski definition) is 1. The Morgan fingerprint density at radius 1 is 1.00 bits per heavy atom. The molecule has 0 fully saturated rings. The van der Waals surface area contributed by atoms with Gasteiger partial charge in [-0.15, -0.1) is 0 Å². The zero-order valence-electron chi connectivity index (χ0n) is 17.7. The Bertz CT molecular complexity index is 935. The van der Waals surface area contributed by atoms with Crippen molar-refractivity contribution in [2.24, 2.45) is 0 Å². The molecule has 5 heteroatoms. The van der Waals surface area contributed by atoms with Crippen LogP contribution < -0.4 is 4.74 Å². The van der Waals surface area contributed by atoms with Crippen molar-refractivity contribution in [3.8, 4) is 5.75 Å². The van der Waals surface area contributed by atoms with Crippen molar-refractivity contribution < 1.29 is 22.3 Å². The second-order valence-corrected chi connectivity index (χ2v) is 8.05. The number of rotatable bonds is 10. The Kier molecular flexibility index (Phi) is 7.94. The Hall–Kier alpha value is -2.56. The Morgan fingerprint density at radius 2 is 1.81 bits per heavy atom. The molecule has 31 heavy (non-hydrogen) atoms. The van der Waals surface area contributed by atoms with E-state index in [2.05, 4.69) is 17.7 Å². The molecule has 0 spiro atoms. The molecule has 0 heterocycles. The first-order valence-corrected chi connectivity index (χ1v) is 10.8. The number of allylic oxidation sites excluding steroid dienone is 4. The summed E-state index contributed by atoms with van der Waals surface area (Å²) < 4.78 is 57.3. The topological polar surface area (TPSA) is 9.23 Å². The summed E-state index contributed by atoms with van der Waals surface area (Å²) in [5.41, 5.74) is 2.00. The van der Waals surface area contributed by atoms with Crippen molar-refractivity contribution in [1.82, 2.24) is 0 Å². The molecule has 1 aliphatic carbocycles. The van der Waals surface area contributed by atoms with Gasteiger partial charge in [0.25, 0.3) is 0 Å². The van der Waals surface area contributed by atoms with Crippen LogP contribution in [0.1, 0.15) is 63.0 Å². The average molecular weight is 433 g/mol. The Labute approximate surface area is 181 Å². The molecule has 2 aromatic rings. The smallest absolute Gasteiger partial charge is 0.387 e. The lowest BCUT2D eigenvalue weighted by Crippen LogP contribution is -2.25. The van der Waals surface area contributed by atoms with Crippen molar-refractivity contribution in [1.29, 1.82) is 0 Å². The zero-order chi connectivity index (χ0) is 22.3. The molecule has 1 atom stereocenters. The van der Waals surface area contributed by atoms with E-state index in [4.69, 9.17) is 0 Å². The van der Waals surface area contributed by atoms with Gasteiger partial charge in [0, 0.05) is 5.41 Å². The van der Waals surface area contributed by atoms with E-state index >= 15 is 0 Å².